The second-order valence-corrected chi connectivity index (χ2v) is 8.35. The molecule has 20 heavy (non-hydrogen) atoms. The van der Waals surface area contributed by atoms with Crippen LogP contribution < -0.4 is 0 Å². The molecule has 0 fully saturated rings. The lowest BCUT2D eigenvalue weighted by Gasteiger charge is -2.43. The van der Waals surface area contributed by atoms with Crippen LogP contribution in [-0.2, 0) is 0 Å². The SMILES string of the molecule is CC(C)(C)C1CCC(C(C)(C)C)c2c(O)ccc(O)c21. The number of phenolic OH excluding ortho intramolecular Hbond substituents is 2. The number of benzene rings is 1. The van der Waals surface area contributed by atoms with Crippen LogP contribution in [0, 0.1) is 10.8 Å². The molecule has 2 unspecified atom stereocenters. The summed E-state index contributed by atoms with van der Waals surface area (Å²) in [5.74, 6) is 1.27. The first-order chi connectivity index (χ1) is 9.03. The first kappa shape index (κ1) is 15.2. The van der Waals surface area contributed by atoms with E-state index >= 15 is 0 Å². The molecule has 0 amide bonds. The second kappa shape index (κ2) is 4.68. The minimum Gasteiger partial charge on any atom is -0.508 e. The summed E-state index contributed by atoms with van der Waals surface area (Å²) in [6, 6.07) is 3.27. The number of phenols is 2. The van der Waals surface area contributed by atoms with Crippen molar-refractivity contribution in [3.63, 3.8) is 0 Å². The molecule has 2 rings (SSSR count). The van der Waals surface area contributed by atoms with Crippen molar-refractivity contribution in [2.24, 2.45) is 10.8 Å². The first-order valence-electron chi connectivity index (χ1n) is 7.58. The van der Waals surface area contributed by atoms with Gasteiger partial charge in [0.2, 0.25) is 0 Å². The molecule has 2 nitrogen and oxygen atoms in total. The Kier molecular flexibility index (Phi) is 3.56. The molecule has 0 radical (unpaired) electrons. The summed E-state index contributed by atoms with van der Waals surface area (Å²) in [6.45, 7) is 13.3. The van der Waals surface area contributed by atoms with E-state index in [0.29, 0.717) is 23.3 Å². The highest BCUT2D eigenvalue weighted by Crippen LogP contribution is 2.56. The zero-order valence-corrected chi connectivity index (χ0v) is 13.6. The number of hydrogen-bond acceptors (Lipinski definition) is 2. The molecule has 0 aromatic heterocycles. The molecule has 0 spiro atoms. The van der Waals surface area contributed by atoms with Gasteiger partial charge in [-0.1, -0.05) is 41.5 Å². The van der Waals surface area contributed by atoms with Gasteiger partial charge in [0.15, 0.2) is 0 Å². The molecule has 1 aromatic rings. The molecule has 1 aromatic carbocycles. The predicted molar refractivity (Wildman–Crippen MR) is 83.4 cm³/mol. The van der Waals surface area contributed by atoms with Gasteiger partial charge in [-0.05, 0) is 47.6 Å². The van der Waals surface area contributed by atoms with E-state index in [2.05, 4.69) is 41.5 Å². The van der Waals surface area contributed by atoms with Crippen molar-refractivity contribution in [2.45, 2.75) is 66.2 Å². The van der Waals surface area contributed by atoms with Gasteiger partial charge in [0, 0.05) is 11.1 Å². The van der Waals surface area contributed by atoms with Gasteiger partial charge < -0.3 is 10.2 Å². The van der Waals surface area contributed by atoms with E-state index in [1.165, 1.54) is 0 Å². The van der Waals surface area contributed by atoms with Crippen LogP contribution in [0.15, 0.2) is 12.1 Å². The topological polar surface area (TPSA) is 40.5 Å². The van der Waals surface area contributed by atoms with Gasteiger partial charge in [0.1, 0.15) is 11.5 Å². The third kappa shape index (κ3) is 2.53. The molecule has 0 aliphatic heterocycles. The Morgan fingerprint density at radius 2 is 1.05 bits per heavy atom. The third-order valence-electron chi connectivity index (χ3n) is 4.77. The van der Waals surface area contributed by atoms with Gasteiger partial charge in [0.05, 0.1) is 0 Å². The number of hydrogen-bond donors (Lipinski definition) is 2. The van der Waals surface area contributed by atoms with E-state index in [1.54, 1.807) is 12.1 Å². The summed E-state index contributed by atoms with van der Waals surface area (Å²) < 4.78 is 0. The van der Waals surface area contributed by atoms with Crippen molar-refractivity contribution < 1.29 is 10.2 Å². The second-order valence-electron chi connectivity index (χ2n) is 8.35. The molecule has 0 saturated carbocycles. The number of fused-ring (bicyclic) bond motifs is 1. The Morgan fingerprint density at radius 3 is 1.30 bits per heavy atom. The van der Waals surface area contributed by atoms with Crippen LogP contribution >= 0.6 is 0 Å². The van der Waals surface area contributed by atoms with Crippen molar-refractivity contribution in [3.8, 4) is 11.5 Å². The van der Waals surface area contributed by atoms with Crippen LogP contribution in [0.4, 0.5) is 0 Å². The molecule has 0 bridgehead atoms. The van der Waals surface area contributed by atoms with Gasteiger partial charge >= 0.3 is 0 Å². The monoisotopic (exact) mass is 276 g/mol. The quantitative estimate of drug-likeness (QED) is 0.643. The molecule has 2 heteroatoms. The maximum Gasteiger partial charge on any atom is 0.119 e. The summed E-state index contributed by atoms with van der Waals surface area (Å²) >= 11 is 0. The third-order valence-corrected chi connectivity index (χ3v) is 4.77. The normalized spacial score (nSPS) is 23.5. The van der Waals surface area contributed by atoms with Crippen LogP contribution in [0.1, 0.15) is 77.3 Å². The Morgan fingerprint density at radius 1 is 0.750 bits per heavy atom. The fourth-order valence-corrected chi connectivity index (χ4v) is 3.70. The number of rotatable bonds is 0. The van der Waals surface area contributed by atoms with Crippen LogP contribution in [0.25, 0.3) is 0 Å². The molecule has 112 valence electrons. The van der Waals surface area contributed by atoms with Gasteiger partial charge in [-0.15, -0.1) is 0 Å². The first-order valence-corrected chi connectivity index (χ1v) is 7.58. The van der Waals surface area contributed by atoms with E-state index in [-0.39, 0.29) is 10.8 Å². The fraction of sp³-hybridized carbons (Fsp3) is 0.667. The average Bonchev–Trinajstić information content (AvgIpc) is 2.30. The molecule has 2 atom stereocenters. The Balaban J connectivity index is 2.67. The molecule has 2 N–H and O–H groups in total. The molecule has 1 aliphatic carbocycles. The zero-order chi connectivity index (χ0) is 15.3. The molecular formula is C18H28O2. The predicted octanol–water partition coefficient (Wildman–Crippen LogP) is 5.15. The molecular weight excluding hydrogens is 248 g/mol. The summed E-state index contributed by atoms with van der Waals surface area (Å²) in [6.07, 6.45) is 2.13. The zero-order valence-electron chi connectivity index (χ0n) is 13.6. The van der Waals surface area contributed by atoms with Crippen molar-refractivity contribution in [3.05, 3.63) is 23.3 Å². The van der Waals surface area contributed by atoms with Crippen molar-refractivity contribution >= 4 is 0 Å². The van der Waals surface area contributed by atoms with E-state index in [4.69, 9.17) is 0 Å². The summed E-state index contributed by atoms with van der Waals surface area (Å²) in [4.78, 5) is 0. The summed E-state index contributed by atoms with van der Waals surface area (Å²) in [5, 5.41) is 20.8. The Bertz CT molecular complexity index is 456. The fourth-order valence-electron chi connectivity index (χ4n) is 3.70. The lowest BCUT2D eigenvalue weighted by molar-refractivity contribution is 0.219. The van der Waals surface area contributed by atoms with E-state index in [0.717, 1.165) is 24.0 Å². The highest BCUT2D eigenvalue weighted by Gasteiger charge is 2.41. The van der Waals surface area contributed by atoms with Crippen LogP contribution in [0.3, 0.4) is 0 Å². The summed E-state index contributed by atoms with van der Waals surface area (Å²) in [5.41, 5.74) is 2.12. The lowest BCUT2D eigenvalue weighted by atomic mass is 9.61. The summed E-state index contributed by atoms with van der Waals surface area (Å²) in [7, 11) is 0. The van der Waals surface area contributed by atoms with Crippen LogP contribution in [-0.4, -0.2) is 10.2 Å². The van der Waals surface area contributed by atoms with Gasteiger partial charge in [-0.3, -0.25) is 0 Å². The molecule has 1 aliphatic rings. The van der Waals surface area contributed by atoms with Crippen LogP contribution in [0.5, 0.6) is 11.5 Å². The van der Waals surface area contributed by atoms with Gasteiger partial charge in [-0.25, -0.2) is 0 Å². The highest BCUT2D eigenvalue weighted by atomic mass is 16.3. The van der Waals surface area contributed by atoms with Crippen molar-refractivity contribution in [1.82, 2.24) is 0 Å². The maximum atomic E-state index is 10.4. The maximum absolute atomic E-state index is 10.4. The van der Waals surface area contributed by atoms with Gasteiger partial charge in [0.25, 0.3) is 0 Å². The largest absolute Gasteiger partial charge is 0.508 e. The smallest absolute Gasteiger partial charge is 0.119 e. The molecule has 0 heterocycles. The minimum atomic E-state index is 0.0862. The Hall–Kier alpha value is -1.18. The highest BCUT2D eigenvalue weighted by molar-refractivity contribution is 5.53. The number of aromatic hydroxyl groups is 2. The van der Waals surface area contributed by atoms with E-state index in [1.807, 2.05) is 0 Å². The molecule has 0 saturated heterocycles. The van der Waals surface area contributed by atoms with Gasteiger partial charge in [-0.2, -0.15) is 0 Å². The van der Waals surface area contributed by atoms with E-state index in [9.17, 15) is 10.2 Å². The Labute approximate surface area is 122 Å². The lowest BCUT2D eigenvalue weighted by Crippen LogP contribution is -2.30. The van der Waals surface area contributed by atoms with Crippen LogP contribution in [0.2, 0.25) is 0 Å². The van der Waals surface area contributed by atoms with Crippen molar-refractivity contribution in [1.29, 1.82) is 0 Å². The average molecular weight is 276 g/mol. The minimum absolute atomic E-state index is 0.0862. The van der Waals surface area contributed by atoms with Crippen molar-refractivity contribution in [2.75, 3.05) is 0 Å². The van der Waals surface area contributed by atoms with E-state index < -0.39 is 0 Å². The standard InChI is InChI=1S/C18H28O2/c1-17(2,3)11-7-8-12(18(4,5)6)16-14(20)10-9-13(19)15(11)16/h9-12,19-20H,7-8H2,1-6H3.